The molecule has 22 nitrogen and oxygen atoms in total. The van der Waals surface area contributed by atoms with Crippen LogP contribution in [0.2, 0.25) is 5.02 Å². The number of nitro benzene ring substituents is 1. The molecule has 2 atom stereocenters. The Bertz CT molecular complexity index is 3950. The summed E-state index contributed by atoms with van der Waals surface area (Å²) < 4.78 is 48.0. The van der Waals surface area contributed by atoms with Gasteiger partial charge in [0.25, 0.3) is 33.4 Å². The van der Waals surface area contributed by atoms with Crippen molar-refractivity contribution in [2.24, 2.45) is 11.3 Å². The van der Waals surface area contributed by atoms with Gasteiger partial charge in [-0.1, -0.05) is 61.1 Å². The minimum absolute atomic E-state index is 0.0203. The number of anilines is 2. The van der Waals surface area contributed by atoms with Crippen molar-refractivity contribution in [1.82, 2.24) is 34.7 Å². The number of aromatic nitrogens is 2. The topological polar surface area (TPSA) is 268 Å². The molecule has 4 aliphatic heterocycles. The number of nitro groups is 1. The van der Waals surface area contributed by atoms with Gasteiger partial charge in [-0.15, -0.1) is 0 Å². The number of nitrogens with zero attached hydrogens (tertiary/aromatic N) is 6. The molecule has 4 aromatic carbocycles. The molecular weight excluding hydrogens is 1180 g/mol. The summed E-state index contributed by atoms with van der Waals surface area (Å²) in [6.45, 7) is 12.0. The number of imide groups is 2. The van der Waals surface area contributed by atoms with E-state index in [9.17, 15) is 42.5 Å². The molecule has 464 valence electrons. The zero-order valence-corrected chi connectivity index (χ0v) is 51.1. The summed E-state index contributed by atoms with van der Waals surface area (Å²) in [5, 5.41) is 19.3. The lowest BCUT2D eigenvalue weighted by Gasteiger charge is -2.39. The Morgan fingerprint density at radius 2 is 1.71 bits per heavy atom. The number of piperidine rings is 2. The van der Waals surface area contributed by atoms with Crippen molar-refractivity contribution in [3.63, 3.8) is 0 Å². The fourth-order valence-corrected chi connectivity index (χ4v) is 13.4. The number of H-pyrrole nitrogens is 1. The number of carbonyl (C=O) groups is 5. The third-order valence-electron chi connectivity index (χ3n) is 17.0. The largest absolute Gasteiger partial charge is 0.455 e. The maximum Gasteiger partial charge on any atom is 0.293 e. The van der Waals surface area contributed by atoms with Crippen molar-refractivity contribution in [3.05, 3.63) is 152 Å². The molecule has 3 saturated heterocycles. The van der Waals surface area contributed by atoms with Crippen LogP contribution in [0.3, 0.4) is 0 Å². The number of nitrogens with one attached hydrogen (secondary N) is 4. The summed E-state index contributed by atoms with van der Waals surface area (Å²) in [6, 6.07) is 23.9. The number of carbonyl (C=O) groups excluding carboxylic acids is 5. The number of piperazine rings is 1. The number of allylic oxidation sites excluding steroid dienone is 1. The van der Waals surface area contributed by atoms with Crippen LogP contribution in [0.25, 0.3) is 16.6 Å². The summed E-state index contributed by atoms with van der Waals surface area (Å²) >= 11 is 6.27. The molecule has 2 unspecified atom stereocenters. The summed E-state index contributed by atoms with van der Waals surface area (Å²) in [5.74, 6) is 2.95. The Balaban J connectivity index is 0.664. The molecular formula is C65H69ClN10O12S. The van der Waals surface area contributed by atoms with Crippen molar-refractivity contribution in [3.8, 4) is 23.3 Å². The van der Waals surface area contributed by atoms with Crippen LogP contribution in [-0.2, 0) is 29.1 Å². The standard InChI is InChI=1S/C65H69ClN10O12S/c1-65(2)22-20-46(53(37-65)43-10-12-47(66)13-11-43)41-73-25-27-74(28-26-73)48-14-16-51(57(35-48)88-49-34-45-21-23-67-60(45)69-39-49)61(78)71-89(84,85)50-15-17-54(56(36-50)76(82)83)68-38-42-6-4-24-72(40-42)29-31-87-33-32-86-30-5-8-44-7-3-9-52-59(44)64(81)75(63(52)80)55-18-19-58(77)70-62(55)79/h3,7,9-17,21,23,34-36,39,42,55,68H,4,6,18-20,22,24-33,37-38,40-41H2,1-2H3,(H,67,69)(H,71,78)(H,70,77,79). The molecule has 0 radical (unpaired) electrons. The number of hydrogen-bond acceptors (Lipinski definition) is 17. The molecule has 3 fully saturated rings. The van der Waals surface area contributed by atoms with E-state index in [1.165, 1.54) is 47.2 Å². The van der Waals surface area contributed by atoms with E-state index in [-0.39, 0.29) is 65.5 Å². The Morgan fingerprint density at radius 3 is 2.51 bits per heavy atom. The number of halogens is 1. The molecule has 6 heterocycles. The smallest absolute Gasteiger partial charge is 0.293 e. The number of aromatic amines is 1. The van der Waals surface area contributed by atoms with Crippen LogP contribution >= 0.6 is 11.6 Å². The highest BCUT2D eigenvalue weighted by Crippen LogP contribution is 2.44. The quantitative estimate of drug-likeness (QED) is 0.0173. The number of fused-ring (bicyclic) bond motifs is 2. The fraction of sp³-hybridized carbons (Fsp3) is 0.385. The van der Waals surface area contributed by atoms with Gasteiger partial charge in [0.1, 0.15) is 35.5 Å². The molecule has 24 heteroatoms. The highest BCUT2D eigenvalue weighted by Gasteiger charge is 2.45. The Labute approximate surface area is 520 Å². The van der Waals surface area contributed by atoms with E-state index in [0.29, 0.717) is 67.9 Å². The van der Waals surface area contributed by atoms with Crippen LogP contribution in [0.5, 0.6) is 11.5 Å². The zero-order valence-electron chi connectivity index (χ0n) is 49.5. The minimum Gasteiger partial charge on any atom is -0.455 e. The van der Waals surface area contributed by atoms with Gasteiger partial charge < -0.3 is 34.3 Å². The number of rotatable bonds is 21. The molecule has 11 rings (SSSR count). The number of ether oxygens (including phenoxy) is 3. The first-order valence-electron chi connectivity index (χ1n) is 29.9. The molecule has 0 bridgehead atoms. The highest BCUT2D eigenvalue weighted by atomic mass is 35.5. The van der Waals surface area contributed by atoms with Gasteiger partial charge in [0.2, 0.25) is 11.8 Å². The molecule has 5 amide bonds. The minimum atomic E-state index is -4.65. The molecule has 2 aromatic heterocycles. The van der Waals surface area contributed by atoms with E-state index in [1.54, 1.807) is 36.5 Å². The lowest BCUT2D eigenvalue weighted by molar-refractivity contribution is -0.384. The molecule has 0 spiro atoms. The number of likely N-dealkylation sites (tertiary alicyclic amines) is 1. The second-order valence-corrected chi connectivity index (χ2v) is 25.9. The second kappa shape index (κ2) is 27.1. The maximum atomic E-state index is 14.2. The molecule has 4 N–H and O–H groups in total. The van der Waals surface area contributed by atoms with Gasteiger partial charge in [-0.2, -0.15) is 0 Å². The van der Waals surface area contributed by atoms with E-state index in [2.05, 4.69) is 77.8 Å². The Hall–Kier alpha value is -8.50. The van der Waals surface area contributed by atoms with Crippen molar-refractivity contribution >= 4 is 84.8 Å². The summed E-state index contributed by atoms with van der Waals surface area (Å²) in [6.07, 6.45) is 8.22. The van der Waals surface area contributed by atoms with E-state index >= 15 is 0 Å². The van der Waals surface area contributed by atoms with E-state index < -0.39 is 61.1 Å². The van der Waals surface area contributed by atoms with Gasteiger partial charge in [0, 0.05) is 98.8 Å². The molecule has 5 aliphatic rings. The monoisotopic (exact) mass is 1250 g/mol. The van der Waals surface area contributed by atoms with E-state index in [4.69, 9.17) is 25.8 Å². The van der Waals surface area contributed by atoms with Gasteiger partial charge in [0.05, 0.1) is 52.5 Å². The predicted molar refractivity (Wildman–Crippen MR) is 334 cm³/mol. The summed E-state index contributed by atoms with van der Waals surface area (Å²) in [5.41, 5.74) is 5.86. The summed E-state index contributed by atoms with van der Waals surface area (Å²) in [4.78, 5) is 91.5. The van der Waals surface area contributed by atoms with E-state index in [1.807, 2.05) is 18.2 Å². The van der Waals surface area contributed by atoms with Crippen molar-refractivity contribution < 1.29 is 51.5 Å². The lowest BCUT2D eigenvalue weighted by Crippen LogP contribution is -2.54. The number of pyridine rings is 1. The molecule has 6 aromatic rings. The van der Waals surface area contributed by atoms with Crippen LogP contribution in [0.1, 0.15) is 101 Å². The number of hydrogen-bond donors (Lipinski definition) is 4. The molecule has 89 heavy (non-hydrogen) atoms. The average molecular weight is 1250 g/mol. The van der Waals surface area contributed by atoms with Gasteiger partial charge in [-0.25, -0.2) is 18.1 Å². The highest BCUT2D eigenvalue weighted by molar-refractivity contribution is 7.90. The van der Waals surface area contributed by atoms with Gasteiger partial charge >= 0.3 is 0 Å². The number of sulfonamides is 1. The van der Waals surface area contributed by atoms with Crippen LogP contribution in [-0.4, -0.2) is 159 Å². The van der Waals surface area contributed by atoms with Crippen molar-refractivity contribution in [2.75, 3.05) is 95.5 Å². The number of benzene rings is 4. The van der Waals surface area contributed by atoms with Crippen molar-refractivity contribution in [1.29, 1.82) is 0 Å². The third-order valence-corrected chi connectivity index (χ3v) is 18.6. The van der Waals surface area contributed by atoms with E-state index in [0.717, 1.165) is 80.3 Å². The second-order valence-electron chi connectivity index (χ2n) is 23.8. The van der Waals surface area contributed by atoms with Gasteiger partial charge in [-0.05, 0) is 128 Å². The van der Waals surface area contributed by atoms with Crippen LogP contribution < -0.4 is 25.0 Å². The summed E-state index contributed by atoms with van der Waals surface area (Å²) in [7, 11) is -4.65. The molecule has 1 aliphatic carbocycles. The van der Waals surface area contributed by atoms with Crippen molar-refractivity contribution in [2.45, 2.75) is 69.7 Å². The predicted octanol–water partition coefficient (Wildman–Crippen LogP) is 8.43. The zero-order chi connectivity index (χ0) is 62.4. The first-order chi connectivity index (χ1) is 42.9. The SMILES string of the molecule is CC1(C)CCC(CN2CCN(c3ccc(C(=O)NS(=O)(=O)c4ccc(NCC5CCCN(CCOCCOCC#Cc6cccc7c6C(=O)N(C6CCC(=O)NC6=O)C7=O)C5)c([N+](=O)[O-])c4)c(Oc4cnc5[nH]ccc5c4)c3)CC2)=C(c2ccc(Cl)cc2)C1. The third kappa shape index (κ3) is 14.7. The van der Waals surface area contributed by atoms with Gasteiger partial charge in [0.15, 0.2) is 0 Å². The van der Waals surface area contributed by atoms with Crippen LogP contribution in [0, 0.1) is 33.3 Å². The lowest BCUT2D eigenvalue weighted by atomic mass is 9.72. The molecule has 0 saturated carbocycles. The van der Waals surface area contributed by atoms with Gasteiger partial charge in [-0.3, -0.25) is 49.2 Å². The maximum absolute atomic E-state index is 14.2. The van der Waals surface area contributed by atoms with Crippen LogP contribution in [0.15, 0.2) is 114 Å². The van der Waals surface area contributed by atoms with Crippen LogP contribution in [0.4, 0.5) is 17.1 Å². The fourth-order valence-electron chi connectivity index (χ4n) is 12.3. The first kappa shape index (κ1) is 62.1. The Morgan fingerprint density at radius 1 is 0.899 bits per heavy atom. The Kier molecular flexibility index (Phi) is 18.9. The number of amides is 5. The first-order valence-corrected chi connectivity index (χ1v) is 31.7. The average Bonchev–Trinajstić information content (AvgIpc) is 2.27. The normalized spacial score (nSPS) is 19.0.